The second-order valence-corrected chi connectivity index (χ2v) is 7.09. The summed E-state index contributed by atoms with van der Waals surface area (Å²) in [7, 11) is 0. The Kier molecular flexibility index (Phi) is 7.38. The third kappa shape index (κ3) is 4.87. The van der Waals surface area contributed by atoms with Crippen molar-refractivity contribution in [2.45, 2.75) is 46.0 Å². The van der Waals surface area contributed by atoms with Crippen LogP contribution in [0, 0.1) is 0 Å². The number of aryl methyl sites for hydroxylation is 1. The highest BCUT2D eigenvalue weighted by atomic mass is 16.5. The minimum atomic E-state index is 0.671. The molecular weight excluding hydrogens is 348 g/mol. The first-order valence-electron chi connectivity index (χ1n) is 10.5. The molecule has 0 amide bonds. The average Bonchev–Trinajstić information content (AvgIpc) is 3.07. The van der Waals surface area contributed by atoms with Gasteiger partial charge >= 0.3 is 0 Å². The van der Waals surface area contributed by atoms with E-state index in [1.165, 1.54) is 22.2 Å². The van der Waals surface area contributed by atoms with E-state index >= 15 is 0 Å². The molecule has 3 aromatic rings. The van der Waals surface area contributed by atoms with Crippen LogP contribution in [0.5, 0.6) is 11.5 Å². The van der Waals surface area contributed by atoms with Gasteiger partial charge in [-0.05, 0) is 92.7 Å². The summed E-state index contributed by atoms with van der Waals surface area (Å²) in [6, 6.07) is 14.7. The predicted molar refractivity (Wildman–Crippen MR) is 117 cm³/mol. The Bertz CT molecular complexity index is 868. The van der Waals surface area contributed by atoms with E-state index in [1.807, 2.05) is 13.0 Å². The number of unbranched alkanes of at least 4 members (excludes halogenated alkanes) is 2. The topological polar surface area (TPSA) is 60.3 Å². The molecule has 3 N–H and O–H groups in total. The first kappa shape index (κ1) is 20.3. The van der Waals surface area contributed by atoms with E-state index in [9.17, 15) is 0 Å². The molecule has 4 nitrogen and oxygen atoms in total. The number of hydrogen-bond acceptors (Lipinski definition) is 3. The number of rotatable bonds is 11. The molecule has 3 rings (SSSR count). The normalized spacial score (nSPS) is 11.1. The SMILES string of the molecule is CCCCOc1ccc(-c2[nH]c3ccc(OCC)cc3c2CCCCN)cc1. The van der Waals surface area contributed by atoms with Crippen LogP contribution in [-0.4, -0.2) is 24.7 Å². The Morgan fingerprint density at radius 1 is 0.893 bits per heavy atom. The molecule has 2 aromatic carbocycles. The molecule has 0 saturated heterocycles. The number of hydrogen-bond donors (Lipinski definition) is 2. The molecule has 0 atom stereocenters. The number of fused-ring (bicyclic) bond motifs is 1. The van der Waals surface area contributed by atoms with E-state index in [0.29, 0.717) is 6.61 Å². The van der Waals surface area contributed by atoms with Crippen LogP contribution >= 0.6 is 0 Å². The van der Waals surface area contributed by atoms with Gasteiger partial charge in [-0.3, -0.25) is 0 Å². The fourth-order valence-electron chi connectivity index (χ4n) is 3.49. The van der Waals surface area contributed by atoms with Gasteiger partial charge in [0.1, 0.15) is 11.5 Å². The Morgan fingerprint density at radius 2 is 1.68 bits per heavy atom. The number of aromatic nitrogens is 1. The molecule has 150 valence electrons. The van der Waals surface area contributed by atoms with Crippen LogP contribution in [-0.2, 0) is 6.42 Å². The maximum Gasteiger partial charge on any atom is 0.120 e. The Morgan fingerprint density at radius 3 is 2.39 bits per heavy atom. The summed E-state index contributed by atoms with van der Waals surface area (Å²) in [6.07, 6.45) is 5.33. The van der Waals surface area contributed by atoms with Crippen molar-refractivity contribution in [2.24, 2.45) is 5.73 Å². The Hall–Kier alpha value is -2.46. The minimum absolute atomic E-state index is 0.671. The molecule has 0 saturated carbocycles. The molecule has 28 heavy (non-hydrogen) atoms. The maximum absolute atomic E-state index is 5.81. The Balaban J connectivity index is 1.92. The van der Waals surface area contributed by atoms with Gasteiger partial charge in [-0.15, -0.1) is 0 Å². The monoisotopic (exact) mass is 380 g/mol. The molecule has 0 unspecified atom stereocenters. The van der Waals surface area contributed by atoms with Crippen molar-refractivity contribution in [3.05, 3.63) is 48.0 Å². The van der Waals surface area contributed by atoms with Gasteiger partial charge in [-0.2, -0.15) is 0 Å². The molecule has 1 aromatic heterocycles. The highest BCUT2D eigenvalue weighted by molar-refractivity contribution is 5.91. The van der Waals surface area contributed by atoms with E-state index < -0.39 is 0 Å². The van der Waals surface area contributed by atoms with Crippen LogP contribution in [0.2, 0.25) is 0 Å². The zero-order chi connectivity index (χ0) is 19.8. The van der Waals surface area contributed by atoms with Crippen molar-refractivity contribution in [1.82, 2.24) is 4.98 Å². The van der Waals surface area contributed by atoms with Crippen molar-refractivity contribution in [1.29, 1.82) is 0 Å². The van der Waals surface area contributed by atoms with Crippen molar-refractivity contribution >= 4 is 10.9 Å². The zero-order valence-corrected chi connectivity index (χ0v) is 17.1. The molecule has 0 bridgehead atoms. The minimum Gasteiger partial charge on any atom is -0.494 e. The highest BCUT2D eigenvalue weighted by Gasteiger charge is 2.14. The Labute approximate surface area is 168 Å². The smallest absolute Gasteiger partial charge is 0.120 e. The van der Waals surface area contributed by atoms with E-state index in [2.05, 4.69) is 48.3 Å². The van der Waals surface area contributed by atoms with Crippen LogP contribution in [0.1, 0.15) is 45.1 Å². The van der Waals surface area contributed by atoms with Gasteiger partial charge in [0.05, 0.1) is 13.2 Å². The molecule has 4 heteroatoms. The summed E-state index contributed by atoms with van der Waals surface area (Å²) >= 11 is 0. The fourth-order valence-corrected chi connectivity index (χ4v) is 3.49. The van der Waals surface area contributed by atoms with Crippen molar-refractivity contribution in [3.63, 3.8) is 0 Å². The molecule has 0 spiro atoms. The summed E-state index contributed by atoms with van der Waals surface area (Å²) in [5.74, 6) is 1.84. The first-order valence-corrected chi connectivity index (χ1v) is 10.5. The lowest BCUT2D eigenvalue weighted by atomic mass is 10.00. The lowest BCUT2D eigenvalue weighted by molar-refractivity contribution is 0.309. The van der Waals surface area contributed by atoms with Gasteiger partial charge in [-0.25, -0.2) is 0 Å². The summed E-state index contributed by atoms with van der Waals surface area (Å²) < 4.78 is 11.5. The lowest BCUT2D eigenvalue weighted by Gasteiger charge is -2.08. The van der Waals surface area contributed by atoms with Crippen LogP contribution in [0.3, 0.4) is 0 Å². The second-order valence-electron chi connectivity index (χ2n) is 7.09. The molecule has 0 aliphatic heterocycles. The van der Waals surface area contributed by atoms with Crippen LogP contribution < -0.4 is 15.2 Å². The van der Waals surface area contributed by atoms with E-state index in [1.54, 1.807) is 0 Å². The number of nitrogens with two attached hydrogens (primary N) is 1. The number of ether oxygens (including phenoxy) is 2. The predicted octanol–water partition coefficient (Wildman–Crippen LogP) is 5.69. The largest absolute Gasteiger partial charge is 0.494 e. The van der Waals surface area contributed by atoms with Crippen molar-refractivity contribution in [2.75, 3.05) is 19.8 Å². The van der Waals surface area contributed by atoms with Crippen LogP contribution in [0.15, 0.2) is 42.5 Å². The summed E-state index contributed by atoms with van der Waals surface area (Å²) in [6.45, 7) is 6.35. The van der Waals surface area contributed by atoms with E-state index in [4.69, 9.17) is 15.2 Å². The van der Waals surface area contributed by atoms with E-state index in [-0.39, 0.29) is 0 Å². The van der Waals surface area contributed by atoms with Gasteiger partial charge in [0.15, 0.2) is 0 Å². The van der Waals surface area contributed by atoms with E-state index in [0.717, 1.165) is 62.3 Å². The molecule has 0 fully saturated rings. The molecule has 1 heterocycles. The van der Waals surface area contributed by atoms with Crippen LogP contribution in [0.4, 0.5) is 0 Å². The summed E-state index contributed by atoms with van der Waals surface area (Å²) in [5, 5.41) is 1.24. The lowest BCUT2D eigenvalue weighted by Crippen LogP contribution is -1.99. The number of H-pyrrole nitrogens is 1. The molecule has 0 aliphatic carbocycles. The van der Waals surface area contributed by atoms with Gasteiger partial charge in [-0.1, -0.05) is 13.3 Å². The molecule has 0 aliphatic rings. The summed E-state index contributed by atoms with van der Waals surface area (Å²) in [4.78, 5) is 3.62. The quantitative estimate of drug-likeness (QED) is 0.420. The molecular formula is C24H32N2O2. The maximum atomic E-state index is 5.81. The third-order valence-corrected chi connectivity index (χ3v) is 4.98. The third-order valence-electron chi connectivity index (χ3n) is 4.98. The van der Waals surface area contributed by atoms with Crippen molar-refractivity contribution in [3.8, 4) is 22.8 Å². The first-order chi connectivity index (χ1) is 13.8. The summed E-state index contributed by atoms with van der Waals surface area (Å²) in [5.41, 5.74) is 10.6. The number of nitrogens with one attached hydrogen (secondary N) is 1. The second kappa shape index (κ2) is 10.2. The fraction of sp³-hybridized carbons (Fsp3) is 0.417. The molecule has 0 radical (unpaired) electrons. The van der Waals surface area contributed by atoms with Crippen LogP contribution in [0.25, 0.3) is 22.2 Å². The van der Waals surface area contributed by atoms with Crippen molar-refractivity contribution < 1.29 is 9.47 Å². The number of benzene rings is 2. The standard InChI is InChI=1S/C24H32N2O2/c1-3-5-16-28-19-11-9-18(10-12-19)24-21(8-6-7-15-25)22-17-20(27-4-2)13-14-23(22)26-24/h9-14,17,26H,3-8,15-16,25H2,1-2H3. The average molecular weight is 381 g/mol. The highest BCUT2D eigenvalue weighted by Crippen LogP contribution is 2.34. The van der Waals surface area contributed by atoms with Gasteiger partial charge in [0.25, 0.3) is 0 Å². The van der Waals surface area contributed by atoms with Gasteiger partial charge < -0.3 is 20.2 Å². The van der Waals surface area contributed by atoms with Gasteiger partial charge in [0.2, 0.25) is 0 Å². The zero-order valence-electron chi connectivity index (χ0n) is 17.1. The van der Waals surface area contributed by atoms with Gasteiger partial charge in [0, 0.05) is 16.6 Å². The number of aromatic amines is 1.